The van der Waals surface area contributed by atoms with Gasteiger partial charge in [0.25, 0.3) is 0 Å². The first-order chi connectivity index (χ1) is 16.8. The summed E-state index contributed by atoms with van der Waals surface area (Å²) < 4.78 is 3.31. The molecule has 0 saturated heterocycles. The smallest absolute Gasteiger partial charge is 0.0643 e. The molecule has 0 aromatic carbocycles. The van der Waals surface area contributed by atoms with Crippen LogP contribution in [0.4, 0.5) is 0 Å². The molecule has 0 fully saturated rings. The third-order valence-corrected chi connectivity index (χ3v) is 9.29. The summed E-state index contributed by atoms with van der Waals surface area (Å²) in [6.45, 7) is 6.74. The van der Waals surface area contributed by atoms with Crippen molar-refractivity contribution in [3.63, 3.8) is 0 Å². The maximum absolute atomic E-state index is 9.92. The SMILES string of the molecule is CCCCCCCC(=O)[O-].CCCCCCC[CH2][Sn+3][CH2]CCCCCCC.O=C([O-])/C=C\C(=O)[O-]. The molecular weight excluding hydrogens is 551 g/mol. The Balaban J connectivity index is -0.000000483. The van der Waals surface area contributed by atoms with Crippen LogP contribution in [0, 0.1) is 0 Å². The molecule has 7 heteroatoms. The van der Waals surface area contributed by atoms with Crippen molar-refractivity contribution < 1.29 is 29.7 Å². The van der Waals surface area contributed by atoms with Crippen molar-refractivity contribution in [2.24, 2.45) is 0 Å². The fourth-order valence-corrected chi connectivity index (χ4v) is 6.76. The zero-order chi connectivity index (χ0) is 27.0. The predicted octanol–water partition coefficient (Wildman–Crippen LogP) is 4.39. The fourth-order valence-electron chi connectivity index (χ4n) is 3.19. The molecule has 0 aromatic rings. The van der Waals surface area contributed by atoms with Crippen LogP contribution in [0.1, 0.15) is 136 Å². The van der Waals surface area contributed by atoms with E-state index in [-0.39, 0.29) is 27.6 Å². The number of carboxylic acid groups (broad SMARTS) is 3. The Kier molecular flexibility index (Phi) is 38.6. The Morgan fingerprint density at radius 2 is 0.829 bits per heavy atom. The summed E-state index contributed by atoms with van der Waals surface area (Å²) >= 11 is 0.0736. The van der Waals surface area contributed by atoms with E-state index >= 15 is 0 Å². The van der Waals surface area contributed by atoms with Gasteiger partial charge in [0.2, 0.25) is 0 Å². The van der Waals surface area contributed by atoms with E-state index in [2.05, 4.69) is 20.8 Å². The Hall–Kier alpha value is -1.05. The van der Waals surface area contributed by atoms with Crippen LogP contribution in [-0.2, 0) is 14.4 Å². The number of aliphatic carboxylic acids is 3. The molecule has 0 saturated carbocycles. The van der Waals surface area contributed by atoms with Crippen molar-refractivity contribution in [3.05, 3.63) is 12.2 Å². The van der Waals surface area contributed by atoms with Crippen LogP contribution in [0.2, 0.25) is 8.87 Å². The first-order valence-corrected chi connectivity index (χ1v) is 17.9. The molecule has 35 heavy (non-hydrogen) atoms. The van der Waals surface area contributed by atoms with E-state index in [0.717, 1.165) is 19.3 Å². The minimum atomic E-state index is -1.55. The van der Waals surface area contributed by atoms with E-state index in [9.17, 15) is 29.7 Å². The zero-order valence-corrected chi connectivity index (χ0v) is 25.6. The minimum Gasteiger partial charge on any atom is -0.545 e. The molecule has 0 amide bonds. The molecule has 0 atom stereocenters. The third kappa shape index (κ3) is 50.7. The van der Waals surface area contributed by atoms with E-state index in [1.807, 2.05) is 0 Å². The number of rotatable bonds is 22. The molecular formula is C28H51O6Sn. The maximum atomic E-state index is 9.92. The monoisotopic (exact) mass is 603 g/mol. The van der Waals surface area contributed by atoms with Crippen LogP contribution in [-0.4, -0.2) is 39.1 Å². The van der Waals surface area contributed by atoms with Gasteiger partial charge in [-0.15, -0.1) is 0 Å². The molecule has 0 heterocycles. The first-order valence-electron chi connectivity index (χ1n) is 13.8. The van der Waals surface area contributed by atoms with Crippen molar-refractivity contribution in [1.82, 2.24) is 0 Å². The predicted molar refractivity (Wildman–Crippen MR) is 140 cm³/mol. The normalized spacial score (nSPS) is 10.3. The quantitative estimate of drug-likeness (QED) is 0.103. The molecule has 6 nitrogen and oxygen atoms in total. The summed E-state index contributed by atoms with van der Waals surface area (Å²) in [5.41, 5.74) is 0. The Morgan fingerprint density at radius 3 is 1.14 bits per heavy atom. The molecule has 0 rings (SSSR count). The van der Waals surface area contributed by atoms with Crippen molar-refractivity contribution in [2.75, 3.05) is 0 Å². The van der Waals surface area contributed by atoms with Crippen LogP contribution in [0.5, 0.6) is 0 Å². The van der Waals surface area contributed by atoms with Crippen molar-refractivity contribution >= 4 is 39.1 Å². The number of carboxylic acids is 3. The number of carbonyl (C=O) groups is 3. The Labute approximate surface area is 225 Å². The van der Waals surface area contributed by atoms with Crippen molar-refractivity contribution in [1.29, 1.82) is 0 Å². The van der Waals surface area contributed by atoms with E-state index < -0.39 is 17.9 Å². The van der Waals surface area contributed by atoms with E-state index in [0.29, 0.717) is 12.2 Å². The van der Waals surface area contributed by atoms with Gasteiger partial charge in [-0.25, -0.2) is 0 Å². The second-order valence-electron chi connectivity index (χ2n) is 8.79. The van der Waals surface area contributed by atoms with E-state index in [1.165, 1.54) is 77.0 Å². The van der Waals surface area contributed by atoms with E-state index in [1.54, 1.807) is 21.7 Å². The van der Waals surface area contributed by atoms with Gasteiger partial charge in [0, 0.05) is 5.97 Å². The number of carbonyl (C=O) groups excluding carboxylic acids is 3. The van der Waals surface area contributed by atoms with Gasteiger partial charge in [-0.05, 0) is 25.0 Å². The first kappa shape index (κ1) is 38.5. The fraction of sp³-hybridized carbons (Fsp3) is 0.821. The maximum Gasteiger partial charge on any atom is 0.0643 e. The number of hydrogen-bond acceptors (Lipinski definition) is 6. The number of hydrogen-bond donors (Lipinski definition) is 0. The molecule has 0 aromatic heterocycles. The molecule has 203 valence electrons. The summed E-state index contributed by atoms with van der Waals surface area (Å²) in [5, 5.41) is 28.8. The average molecular weight is 602 g/mol. The van der Waals surface area contributed by atoms with Gasteiger partial charge in [0.15, 0.2) is 0 Å². The summed E-state index contributed by atoms with van der Waals surface area (Å²) in [6, 6.07) is 0. The number of unbranched alkanes of at least 4 members (excludes halogenated alkanes) is 14. The molecule has 0 bridgehead atoms. The summed E-state index contributed by atoms with van der Waals surface area (Å²) in [6.07, 6.45) is 24.2. The standard InChI is InChI=1S/C8H16O2.2C8H17.C4H4O4.Sn/c1-2-3-4-5-6-7-8(9)10;2*1-3-5-7-8-6-4-2;5-3(6)1-2-4(7)8;/h2-7H2,1H3,(H,9,10);2*1,3-8H2,2H3;1-2H,(H,5,6)(H,7,8);/q;;;;+3/p-3/b;;;2-1-;. The van der Waals surface area contributed by atoms with Crippen LogP contribution in [0.3, 0.4) is 0 Å². The average Bonchev–Trinajstić information content (AvgIpc) is 2.81. The molecule has 0 spiro atoms. The Morgan fingerprint density at radius 1 is 0.514 bits per heavy atom. The van der Waals surface area contributed by atoms with Gasteiger partial charge in [-0.3, -0.25) is 0 Å². The molecule has 0 aliphatic heterocycles. The van der Waals surface area contributed by atoms with Crippen molar-refractivity contribution in [3.8, 4) is 0 Å². The van der Waals surface area contributed by atoms with Crippen LogP contribution in [0.25, 0.3) is 0 Å². The third-order valence-electron chi connectivity index (χ3n) is 5.25. The minimum absolute atomic E-state index is 0.0736. The van der Waals surface area contributed by atoms with Gasteiger partial charge >= 0.3 is 121 Å². The van der Waals surface area contributed by atoms with E-state index in [4.69, 9.17) is 0 Å². The molecule has 0 aliphatic carbocycles. The van der Waals surface area contributed by atoms with Gasteiger partial charge in [0.1, 0.15) is 0 Å². The second kappa shape index (κ2) is 35.1. The largest absolute Gasteiger partial charge is 0.545 e. The zero-order valence-electron chi connectivity index (χ0n) is 22.7. The molecule has 0 N–H and O–H groups in total. The molecule has 0 unspecified atom stereocenters. The van der Waals surface area contributed by atoms with Gasteiger partial charge in [-0.1, -0.05) is 32.6 Å². The van der Waals surface area contributed by atoms with Gasteiger partial charge in [-0.2, -0.15) is 0 Å². The van der Waals surface area contributed by atoms with Crippen LogP contribution >= 0.6 is 0 Å². The van der Waals surface area contributed by atoms with Gasteiger partial charge < -0.3 is 29.7 Å². The second-order valence-corrected chi connectivity index (χ2v) is 13.1. The van der Waals surface area contributed by atoms with Gasteiger partial charge in [0.05, 0.1) is 11.9 Å². The Bertz CT molecular complexity index is 464. The van der Waals surface area contributed by atoms with Crippen LogP contribution < -0.4 is 15.3 Å². The molecule has 0 aliphatic rings. The van der Waals surface area contributed by atoms with Crippen LogP contribution in [0.15, 0.2) is 12.2 Å². The summed E-state index contributed by atoms with van der Waals surface area (Å²) in [5.74, 6) is -4.01. The summed E-state index contributed by atoms with van der Waals surface area (Å²) in [7, 11) is 0. The summed E-state index contributed by atoms with van der Waals surface area (Å²) in [4.78, 5) is 28.8. The van der Waals surface area contributed by atoms with Crippen molar-refractivity contribution in [2.45, 2.75) is 145 Å². The molecule has 5 radical (unpaired) electrons. The topological polar surface area (TPSA) is 120 Å².